The van der Waals surface area contributed by atoms with Gasteiger partial charge < -0.3 is 24.6 Å². The number of aliphatic hydroxyl groups is 1. The molecule has 2 aliphatic heterocycles. The summed E-state index contributed by atoms with van der Waals surface area (Å²) in [5.74, 6) is -0.819. The second-order valence-electron chi connectivity index (χ2n) is 8.34. The van der Waals surface area contributed by atoms with Gasteiger partial charge in [0.15, 0.2) is 22.4 Å². The van der Waals surface area contributed by atoms with Crippen LogP contribution in [-0.4, -0.2) is 65.9 Å². The Kier molecular flexibility index (Phi) is 6.69. The zero-order valence-corrected chi connectivity index (χ0v) is 19.7. The molecule has 0 bridgehead atoms. The van der Waals surface area contributed by atoms with Crippen LogP contribution in [0.5, 0.6) is 0 Å². The molecule has 2 saturated heterocycles. The van der Waals surface area contributed by atoms with Crippen molar-refractivity contribution in [1.82, 2.24) is 9.55 Å². The van der Waals surface area contributed by atoms with E-state index >= 15 is 0 Å². The zero-order valence-electron chi connectivity index (χ0n) is 18.8. The molecule has 0 unspecified atom stereocenters. The van der Waals surface area contributed by atoms with Crippen LogP contribution >= 0.6 is 0 Å². The molecule has 5 rings (SSSR count). The van der Waals surface area contributed by atoms with E-state index < -0.39 is 58.0 Å². The van der Waals surface area contributed by atoms with Crippen LogP contribution in [0.25, 0.3) is 0 Å². The molecule has 2 N–H and O–H groups in total. The fourth-order valence-corrected chi connectivity index (χ4v) is 5.41. The fraction of sp³-hybridized carbons (Fsp3) is 0.292. The van der Waals surface area contributed by atoms with E-state index in [9.17, 15) is 23.1 Å². The van der Waals surface area contributed by atoms with E-state index in [0.29, 0.717) is 5.56 Å². The molecule has 0 radical (unpaired) electrons. The van der Waals surface area contributed by atoms with Crippen molar-refractivity contribution in [2.24, 2.45) is 0 Å². The van der Waals surface area contributed by atoms with Gasteiger partial charge in [-0.2, -0.15) is 4.98 Å². The Morgan fingerprint density at radius 1 is 1.06 bits per heavy atom. The molecule has 0 saturated carbocycles. The van der Waals surface area contributed by atoms with Gasteiger partial charge in [-0.3, -0.25) is 9.36 Å². The molecule has 36 heavy (non-hydrogen) atoms. The van der Waals surface area contributed by atoms with Crippen LogP contribution < -0.4 is 11.0 Å². The largest absolute Gasteiger partial charge is 0.386 e. The van der Waals surface area contributed by atoms with E-state index in [1.54, 1.807) is 48.5 Å². The smallest absolute Gasteiger partial charge is 0.351 e. The number of nitrogens with zero attached hydrogens (tertiary/aromatic N) is 2. The van der Waals surface area contributed by atoms with Crippen LogP contribution in [-0.2, 0) is 24.0 Å². The molecule has 1 aromatic heterocycles. The molecule has 3 aromatic rings. The normalized spacial score (nSPS) is 25.8. The number of hydrogen-bond donors (Lipinski definition) is 2. The number of hydrogen-bond acceptors (Lipinski definition) is 9. The first kappa shape index (κ1) is 24.3. The lowest BCUT2D eigenvalue weighted by Gasteiger charge is -2.32. The van der Waals surface area contributed by atoms with Gasteiger partial charge in [0.1, 0.15) is 29.9 Å². The molecule has 5 atom stereocenters. The molecular formula is C24H23N3O8S. The molecule has 2 fully saturated rings. The van der Waals surface area contributed by atoms with Gasteiger partial charge in [-0.05, 0) is 30.3 Å². The summed E-state index contributed by atoms with van der Waals surface area (Å²) in [5, 5.41) is 13.4. The van der Waals surface area contributed by atoms with E-state index in [1.807, 2.05) is 0 Å². The minimum Gasteiger partial charge on any atom is -0.386 e. The molecule has 2 aliphatic rings. The number of carbonyl (C=O) groups excluding carboxylic acids is 1. The second-order valence-corrected chi connectivity index (χ2v) is 10.4. The highest BCUT2D eigenvalue weighted by Gasteiger charge is 2.50. The summed E-state index contributed by atoms with van der Waals surface area (Å²) < 4.78 is 43.5. The van der Waals surface area contributed by atoms with Crippen molar-refractivity contribution in [3.05, 3.63) is 89.0 Å². The number of aliphatic hydroxyl groups excluding tert-OH is 1. The fourth-order valence-electron chi connectivity index (χ4n) is 4.11. The van der Waals surface area contributed by atoms with Crippen molar-refractivity contribution in [3.8, 4) is 0 Å². The van der Waals surface area contributed by atoms with Gasteiger partial charge in [0.05, 0.1) is 11.5 Å². The maximum absolute atomic E-state index is 12.7. The highest BCUT2D eigenvalue weighted by molar-refractivity contribution is 7.91. The SMILES string of the molecule is O=C(Nc1ccn([C@@H]2O[C@@H]3CO[C@@H](CS(=O)(=O)c4ccccc4)O[C@@H]3[C@H]2O)c(=O)n1)c1ccccc1. The van der Waals surface area contributed by atoms with Crippen molar-refractivity contribution in [2.45, 2.75) is 35.7 Å². The Hall–Kier alpha value is -3.42. The molecule has 2 aromatic carbocycles. The first-order valence-electron chi connectivity index (χ1n) is 11.2. The topological polar surface area (TPSA) is 146 Å². The molecule has 188 valence electrons. The molecule has 11 nitrogen and oxygen atoms in total. The predicted octanol–water partition coefficient (Wildman–Crippen LogP) is 0.969. The summed E-state index contributed by atoms with van der Waals surface area (Å²) in [6.45, 7) is -0.0272. The molecule has 0 aliphatic carbocycles. The zero-order chi connectivity index (χ0) is 25.3. The third-order valence-electron chi connectivity index (χ3n) is 5.90. The number of fused-ring (bicyclic) bond motifs is 1. The number of benzene rings is 2. The minimum absolute atomic E-state index is 0.0272. The Morgan fingerprint density at radius 3 is 2.44 bits per heavy atom. The van der Waals surface area contributed by atoms with Crippen molar-refractivity contribution in [2.75, 3.05) is 17.7 Å². The number of amides is 1. The van der Waals surface area contributed by atoms with Crippen molar-refractivity contribution >= 4 is 21.6 Å². The molecule has 3 heterocycles. The second kappa shape index (κ2) is 9.91. The monoisotopic (exact) mass is 513 g/mol. The quantitative estimate of drug-likeness (QED) is 0.492. The Bertz CT molecular complexity index is 1400. The van der Waals surface area contributed by atoms with E-state index in [1.165, 1.54) is 24.4 Å². The van der Waals surface area contributed by atoms with Gasteiger partial charge >= 0.3 is 5.69 Å². The van der Waals surface area contributed by atoms with Crippen molar-refractivity contribution in [1.29, 1.82) is 0 Å². The Balaban J connectivity index is 1.26. The summed E-state index contributed by atoms with van der Waals surface area (Å²) >= 11 is 0. The number of nitrogens with one attached hydrogen (secondary N) is 1. The lowest BCUT2D eigenvalue weighted by Crippen LogP contribution is -2.47. The van der Waals surface area contributed by atoms with Gasteiger partial charge in [0.2, 0.25) is 0 Å². The first-order valence-corrected chi connectivity index (χ1v) is 12.8. The van der Waals surface area contributed by atoms with Crippen molar-refractivity contribution in [3.63, 3.8) is 0 Å². The summed E-state index contributed by atoms with van der Waals surface area (Å²) in [6.07, 6.45) is -3.82. The van der Waals surface area contributed by atoms with Crippen LogP contribution in [0.4, 0.5) is 5.82 Å². The van der Waals surface area contributed by atoms with Gasteiger partial charge in [0, 0.05) is 11.8 Å². The average Bonchev–Trinajstić information content (AvgIpc) is 3.20. The van der Waals surface area contributed by atoms with Crippen molar-refractivity contribution < 1.29 is 32.5 Å². The molecule has 1 amide bonds. The van der Waals surface area contributed by atoms with Crippen LogP contribution in [0.2, 0.25) is 0 Å². The first-order chi connectivity index (χ1) is 17.3. The molecular weight excluding hydrogens is 490 g/mol. The van der Waals surface area contributed by atoms with E-state index in [4.69, 9.17) is 14.2 Å². The molecule has 0 spiro atoms. The number of aromatic nitrogens is 2. The number of anilines is 1. The third-order valence-corrected chi connectivity index (χ3v) is 7.61. The number of carbonyl (C=O) groups is 1. The Labute approximate surface area is 206 Å². The summed E-state index contributed by atoms with van der Waals surface area (Å²) in [5.41, 5.74) is -0.351. The van der Waals surface area contributed by atoms with Gasteiger partial charge in [-0.1, -0.05) is 36.4 Å². The maximum atomic E-state index is 12.7. The summed E-state index contributed by atoms with van der Waals surface area (Å²) in [7, 11) is -3.69. The van der Waals surface area contributed by atoms with E-state index in [0.717, 1.165) is 4.57 Å². The third kappa shape index (κ3) is 4.94. The molecule has 12 heteroatoms. The lowest BCUT2D eigenvalue weighted by molar-refractivity contribution is -0.238. The van der Waals surface area contributed by atoms with Crippen LogP contribution in [0, 0.1) is 0 Å². The summed E-state index contributed by atoms with van der Waals surface area (Å²) in [4.78, 5) is 29.0. The maximum Gasteiger partial charge on any atom is 0.351 e. The van der Waals surface area contributed by atoms with Gasteiger partial charge in [-0.25, -0.2) is 13.2 Å². The van der Waals surface area contributed by atoms with Crippen LogP contribution in [0.1, 0.15) is 16.6 Å². The number of sulfone groups is 1. The highest BCUT2D eigenvalue weighted by atomic mass is 32.2. The van der Waals surface area contributed by atoms with E-state index in [-0.39, 0.29) is 17.3 Å². The number of ether oxygens (including phenoxy) is 3. The predicted molar refractivity (Wildman–Crippen MR) is 126 cm³/mol. The standard InChI is InChI=1S/C24H23N3O8S/c28-20-21-17(13-33-19(35-21)14-36(31,32)16-9-5-2-6-10-16)34-23(20)27-12-11-18(26-24(27)30)25-22(29)15-7-3-1-4-8-15/h1-12,17,19-21,23,28H,13-14H2,(H,25,26,29,30)/t17-,19-,20-,21+,23-/m1/s1. The van der Waals surface area contributed by atoms with E-state index in [2.05, 4.69) is 10.3 Å². The van der Waals surface area contributed by atoms with Crippen LogP contribution in [0.15, 0.2) is 82.6 Å². The number of rotatable bonds is 6. The Morgan fingerprint density at radius 2 is 1.75 bits per heavy atom. The van der Waals surface area contributed by atoms with Gasteiger partial charge in [0.25, 0.3) is 5.91 Å². The summed E-state index contributed by atoms with van der Waals surface area (Å²) in [6, 6.07) is 17.8. The van der Waals surface area contributed by atoms with Gasteiger partial charge in [-0.15, -0.1) is 0 Å². The minimum atomic E-state index is -3.69. The lowest BCUT2D eigenvalue weighted by atomic mass is 10.1. The average molecular weight is 514 g/mol. The highest BCUT2D eigenvalue weighted by Crippen LogP contribution is 2.34. The van der Waals surface area contributed by atoms with Crippen LogP contribution in [0.3, 0.4) is 0 Å².